The van der Waals surface area contributed by atoms with Gasteiger partial charge in [0.25, 0.3) is 0 Å². The zero-order valence-corrected chi connectivity index (χ0v) is 7.89. The van der Waals surface area contributed by atoms with E-state index < -0.39 is 0 Å². The highest BCUT2D eigenvalue weighted by Gasteiger charge is 2.04. The lowest BCUT2D eigenvalue weighted by Gasteiger charge is -2.06. The first kappa shape index (κ1) is 9.55. The van der Waals surface area contributed by atoms with Crippen LogP contribution in [0, 0.1) is 12.3 Å². The molecule has 5 heteroatoms. The van der Waals surface area contributed by atoms with E-state index in [0.717, 1.165) is 0 Å². The number of hydrogen-bond acceptors (Lipinski definition) is 3. The number of terminal acetylenes is 1. The lowest BCUT2D eigenvalue weighted by atomic mass is 10.4. The highest BCUT2D eigenvalue weighted by Crippen LogP contribution is 2.09. The Morgan fingerprint density at radius 2 is 2.62 bits per heavy atom. The lowest BCUT2D eigenvalue weighted by Crippen LogP contribution is -2.35. The first-order chi connectivity index (χ1) is 6.22. The molecule has 0 saturated heterocycles. The Morgan fingerprint density at radius 3 is 3.15 bits per heavy atom. The van der Waals surface area contributed by atoms with Gasteiger partial charge in [-0.2, -0.15) is 0 Å². The number of amides is 2. The summed E-state index contributed by atoms with van der Waals surface area (Å²) in [5.74, 6) is 2.39. The van der Waals surface area contributed by atoms with Crippen LogP contribution in [-0.4, -0.2) is 17.1 Å². The number of carbonyl (C=O) groups excluding carboxylic acids is 1. The maximum atomic E-state index is 11.1. The molecule has 0 radical (unpaired) electrons. The summed E-state index contributed by atoms with van der Waals surface area (Å²) in [6.45, 7) is 1.72. The van der Waals surface area contributed by atoms with Crippen molar-refractivity contribution in [2.75, 3.05) is 5.32 Å². The average Bonchev–Trinajstić information content (AvgIpc) is 2.56. The topological polar surface area (TPSA) is 54.0 Å². The molecule has 0 bridgehead atoms. The third-order valence-electron chi connectivity index (χ3n) is 1.25. The van der Waals surface area contributed by atoms with Crippen molar-refractivity contribution >= 4 is 22.5 Å². The lowest BCUT2D eigenvalue weighted by molar-refractivity contribution is 0.251. The summed E-state index contributed by atoms with van der Waals surface area (Å²) in [6, 6.07) is -0.611. The van der Waals surface area contributed by atoms with E-state index in [2.05, 4.69) is 21.5 Å². The van der Waals surface area contributed by atoms with Gasteiger partial charge in [0.2, 0.25) is 0 Å². The fraction of sp³-hybridized carbons (Fsp3) is 0.250. The molecule has 4 nitrogen and oxygen atoms in total. The Labute approximate surface area is 80.4 Å². The summed E-state index contributed by atoms with van der Waals surface area (Å²) in [4.78, 5) is 15.0. The molecule has 1 aromatic rings. The molecule has 0 fully saturated rings. The molecule has 1 aromatic heterocycles. The summed E-state index contributed by atoms with van der Waals surface area (Å²) in [5, 5.41) is 7.43. The summed E-state index contributed by atoms with van der Waals surface area (Å²) in [5.41, 5.74) is 0. The van der Waals surface area contributed by atoms with Gasteiger partial charge in [-0.1, -0.05) is 5.92 Å². The number of rotatable bonds is 2. The molecule has 0 aliphatic rings. The molecule has 1 unspecified atom stereocenters. The van der Waals surface area contributed by atoms with E-state index in [-0.39, 0.29) is 12.1 Å². The molecule has 1 heterocycles. The number of nitrogens with one attached hydrogen (secondary N) is 2. The van der Waals surface area contributed by atoms with Gasteiger partial charge in [0.05, 0.1) is 6.04 Å². The van der Waals surface area contributed by atoms with Gasteiger partial charge >= 0.3 is 6.03 Å². The highest BCUT2D eigenvalue weighted by atomic mass is 32.1. The number of nitrogens with zero attached hydrogens (tertiary/aromatic N) is 1. The number of urea groups is 1. The van der Waals surface area contributed by atoms with Gasteiger partial charge in [0.15, 0.2) is 5.13 Å². The summed E-state index contributed by atoms with van der Waals surface area (Å²) in [7, 11) is 0. The van der Waals surface area contributed by atoms with Gasteiger partial charge in [-0.05, 0) is 6.92 Å². The monoisotopic (exact) mass is 195 g/mol. The smallest absolute Gasteiger partial charge is 0.322 e. The second-order valence-corrected chi connectivity index (χ2v) is 3.22. The van der Waals surface area contributed by atoms with E-state index in [1.807, 2.05) is 0 Å². The van der Waals surface area contributed by atoms with E-state index in [1.54, 1.807) is 18.5 Å². The normalized spacial score (nSPS) is 11.4. The molecule has 2 N–H and O–H groups in total. The fourth-order valence-electron chi connectivity index (χ4n) is 0.657. The van der Waals surface area contributed by atoms with Crippen LogP contribution in [0.3, 0.4) is 0 Å². The van der Waals surface area contributed by atoms with Gasteiger partial charge in [0.1, 0.15) is 0 Å². The van der Waals surface area contributed by atoms with Crippen molar-refractivity contribution in [2.45, 2.75) is 13.0 Å². The van der Waals surface area contributed by atoms with Crippen LogP contribution >= 0.6 is 11.3 Å². The predicted molar refractivity (Wildman–Crippen MR) is 52.6 cm³/mol. The average molecular weight is 195 g/mol. The molecule has 0 aromatic carbocycles. The molecular formula is C8H9N3OS. The van der Waals surface area contributed by atoms with E-state index in [0.29, 0.717) is 5.13 Å². The van der Waals surface area contributed by atoms with Crippen LogP contribution in [0.25, 0.3) is 0 Å². The third kappa shape index (κ3) is 3.13. The molecule has 0 spiro atoms. The van der Waals surface area contributed by atoms with Crippen LogP contribution in [0.5, 0.6) is 0 Å². The second kappa shape index (κ2) is 4.48. The molecule has 1 atom stereocenters. The van der Waals surface area contributed by atoms with Crippen LogP contribution in [0.2, 0.25) is 0 Å². The first-order valence-electron chi connectivity index (χ1n) is 3.65. The van der Waals surface area contributed by atoms with E-state index in [4.69, 9.17) is 6.42 Å². The number of carbonyl (C=O) groups is 1. The molecule has 0 aliphatic heterocycles. The van der Waals surface area contributed by atoms with Crippen molar-refractivity contribution in [3.8, 4) is 12.3 Å². The van der Waals surface area contributed by atoms with Crippen molar-refractivity contribution in [3.05, 3.63) is 11.6 Å². The minimum absolute atomic E-state index is 0.278. The van der Waals surface area contributed by atoms with Crippen molar-refractivity contribution in [3.63, 3.8) is 0 Å². The maximum Gasteiger partial charge on any atom is 0.322 e. The molecule has 2 amide bonds. The molecule has 13 heavy (non-hydrogen) atoms. The number of aromatic nitrogens is 1. The van der Waals surface area contributed by atoms with Gasteiger partial charge in [0, 0.05) is 11.6 Å². The molecule has 0 saturated carbocycles. The quantitative estimate of drug-likeness (QED) is 0.698. The SMILES string of the molecule is C#CC(C)NC(=O)Nc1nccs1. The van der Waals surface area contributed by atoms with Crippen molar-refractivity contribution in [2.24, 2.45) is 0 Å². The Balaban J connectivity index is 2.39. The Bertz CT molecular complexity index is 315. The molecule has 68 valence electrons. The Kier molecular flexibility index (Phi) is 3.29. The minimum atomic E-state index is -0.333. The Hall–Kier alpha value is -1.54. The highest BCUT2D eigenvalue weighted by molar-refractivity contribution is 7.13. The summed E-state index contributed by atoms with van der Waals surface area (Å²) >= 11 is 1.35. The van der Waals surface area contributed by atoms with E-state index in [9.17, 15) is 4.79 Å². The van der Waals surface area contributed by atoms with Gasteiger partial charge < -0.3 is 5.32 Å². The van der Waals surface area contributed by atoms with Crippen molar-refractivity contribution < 1.29 is 4.79 Å². The largest absolute Gasteiger partial charge is 0.324 e. The van der Waals surface area contributed by atoms with Gasteiger partial charge in [-0.15, -0.1) is 17.8 Å². The molecular weight excluding hydrogens is 186 g/mol. The fourth-order valence-corrected chi connectivity index (χ4v) is 1.18. The van der Waals surface area contributed by atoms with Gasteiger partial charge in [-0.3, -0.25) is 5.32 Å². The first-order valence-corrected chi connectivity index (χ1v) is 4.53. The number of anilines is 1. The third-order valence-corrected chi connectivity index (χ3v) is 1.94. The van der Waals surface area contributed by atoms with Crippen LogP contribution in [0.4, 0.5) is 9.93 Å². The van der Waals surface area contributed by atoms with Gasteiger partial charge in [-0.25, -0.2) is 9.78 Å². The van der Waals surface area contributed by atoms with Crippen molar-refractivity contribution in [1.29, 1.82) is 0 Å². The van der Waals surface area contributed by atoms with Crippen LogP contribution < -0.4 is 10.6 Å². The summed E-state index contributed by atoms with van der Waals surface area (Å²) in [6.07, 6.45) is 6.70. The maximum absolute atomic E-state index is 11.1. The predicted octanol–water partition coefficient (Wildman–Crippen LogP) is 1.29. The van der Waals surface area contributed by atoms with Crippen LogP contribution in [0.15, 0.2) is 11.6 Å². The molecule has 1 rings (SSSR count). The minimum Gasteiger partial charge on any atom is -0.324 e. The zero-order valence-electron chi connectivity index (χ0n) is 7.07. The zero-order chi connectivity index (χ0) is 9.68. The van der Waals surface area contributed by atoms with Crippen molar-refractivity contribution in [1.82, 2.24) is 10.3 Å². The second-order valence-electron chi connectivity index (χ2n) is 2.32. The standard InChI is InChI=1S/C8H9N3OS/c1-3-6(2)10-7(12)11-8-9-4-5-13-8/h1,4-6H,2H3,(H2,9,10,11,12). The van der Waals surface area contributed by atoms with Crippen LogP contribution in [-0.2, 0) is 0 Å². The van der Waals surface area contributed by atoms with Crippen LogP contribution in [0.1, 0.15) is 6.92 Å². The van der Waals surface area contributed by atoms with E-state index >= 15 is 0 Å². The number of thiazole rings is 1. The summed E-state index contributed by atoms with van der Waals surface area (Å²) < 4.78 is 0. The number of hydrogen-bond donors (Lipinski definition) is 2. The molecule has 0 aliphatic carbocycles. The van der Waals surface area contributed by atoms with E-state index in [1.165, 1.54) is 11.3 Å². The Morgan fingerprint density at radius 1 is 1.85 bits per heavy atom.